The van der Waals surface area contributed by atoms with Crippen LogP contribution in [-0.4, -0.2) is 28.9 Å². The van der Waals surface area contributed by atoms with Gasteiger partial charge in [0.05, 0.1) is 21.7 Å². The van der Waals surface area contributed by atoms with E-state index in [1.807, 2.05) is 0 Å². The number of nitro groups is 1. The van der Waals surface area contributed by atoms with Gasteiger partial charge in [0, 0.05) is 43.1 Å². The maximum absolute atomic E-state index is 12.9. The molecular weight excluding hydrogens is 473 g/mol. The fourth-order valence-electron chi connectivity index (χ4n) is 3.86. The van der Waals surface area contributed by atoms with Crippen LogP contribution in [0.4, 0.5) is 24.5 Å². The molecule has 0 fully saturated rings. The Morgan fingerprint density at radius 2 is 1.78 bits per heavy atom. The standard InChI is InChI=1S/C26H27F3N4O3/c1-3-12-32(13-4-2)21-8-9-24(33(35)36)22(16-21)23-15-19(10-11-30-23)25(34)31-17-18-6-5-7-20(14-18)26(27,28)29/h5-11,14-16H,3-4,12-13,17H2,1-2H3,(H,31,34). The first-order valence-corrected chi connectivity index (χ1v) is 11.6. The quantitative estimate of drug-likeness (QED) is 0.263. The zero-order chi connectivity index (χ0) is 26.3. The molecule has 7 nitrogen and oxygen atoms in total. The summed E-state index contributed by atoms with van der Waals surface area (Å²) in [6.45, 7) is 5.57. The summed E-state index contributed by atoms with van der Waals surface area (Å²) in [7, 11) is 0. The third kappa shape index (κ3) is 6.59. The minimum atomic E-state index is -4.48. The smallest absolute Gasteiger partial charge is 0.372 e. The molecule has 0 atom stereocenters. The molecule has 36 heavy (non-hydrogen) atoms. The summed E-state index contributed by atoms with van der Waals surface area (Å²) in [5.41, 5.74) is 0.896. The minimum Gasteiger partial charge on any atom is -0.372 e. The molecule has 0 radical (unpaired) electrons. The number of rotatable bonds is 10. The van der Waals surface area contributed by atoms with Crippen LogP contribution in [0.5, 0.6) is 0 Å². The largest absolute Gasteiger partial charge is 0.416 e. The summed E-state index contributed by atoms with van der Waals surface area (Å²) < 4.78 is 38.8. The summed E-state index contributed by atoms with van der Waals surface area (Å²) >= 11 is 0. The Morgan fingerprint density at radius 3 is 2.42 bits per heavy atom. The molecule has 0 unspecified atom stereocenters. The van der Waals surface area contributed by atoms with Gasteiger partial charge in [0.1, 0.15) is 0 Å². The Bertz CT molecular complexity index is 1230. The molecule has 0 saturated carbocycles. The van der Waals surface area contributed by atoms with Crippen LogP contribution in [0.1, 0.15) is 48.2 Å². The van der Waals surface area contributed by atoms with Gasteiger partial charge >= 0.3 is 6.18 Å². The summed E-state index contributed by atoms with van der Waals surface area (Å²) in [6, 6.07) is 12.4. The molecular formula is C26H27F3N4O3. The molecule has 0 spiro atoms. The van der Waals surface area contributed by atoms with Crippen molar-refractivity contribution in [3.63, 3.8) is 0 Å². The third-order valence-electron chi connectivity index (χ3n) is 5.53. The number of nitrogens with zero attached hydrogens (tertiary/aromatic N) is 3. The highest BCUT2D eigenvalue weighted by molar-refractivity contribution is 5.95. The molecule has 3 aromatic rings. The molecule has 0 saturated heterocycles. The fraction of sp³-hybridized carbons (Fsp3) is 0.308. The number of carbonyl (C=O) groups is 1. The summed E-state index contributed by atoms with van der Waals surface area (Å²) in [4.78, 5) is 30.4. The molecule has 1 heterocycles. The predicted molar refractivity (Wildman–Crippen MR) is 132 cm³/mol. The molecule has 0 aliphatic rings. The molecule has 1 aromatic heterocycles. The van der Waals surface area contributed by atoms with Gasteiger partial charge in [-0.25, -0.2) is 0 Å². The number of carbonyl (C=O) groups excluding carboxylic acids is 1. The topological polar surface area (TPSA) is 88.4 Å². The normalized spacial score (nSPS) is 11.2. The SMILES string of the molecule is CCCN(CCC)c1ccc([N+](=O)[O-])c(-c2cc(C(=O)NCc3cccc(C(F)(F)F)c3)ccn2)c1. The van der Waals surface area contributed by atoms with E-state index in [4.69, 9.17) is 0 Å². The van der Waals surface area contributed by atoms with Gasteiger partial charge in [0.15, 0.2) is 0 Å². The van der Waals surface area contributed by atoms with Crippen LogP contribution < -0.4 is 10.2 Å². The van der Waals surface area contributed by atoms with Crippen molar-refractivity contribution >= 4 is 17.3 Å². The van der Waals surface area contributed by atoms with E-state index in [0.29, 0.717) is 5.56 Å². The van der Waals surface area contributed by atoms with Crippen LogP contribution in [-0.2, 0) is 12.7 Å². The van der Waals surface area contributed by atoms with Gasteiger partial charge in [0.2, 0.25) is 0 Å². The summed E-state index contributed by atoms with van der Waals surface area (Å²) in [5.74, 6) is -0.534. The van der Waals surface area contributed by atoms with Gasteiger partial charge in [-0.2, -0.15) is 13.2 Å². The average molecular weight is 501 g/mol. The number of aromatic nitrogens is 1. The molecule has 1 amide bonds. The molecule has 2 aromatic carbocycles. The number of anilines is 1. The van der Waals surface area contributed by atoms with Crippen molar-refractivity contribution in [2.75, 3.05) is 18.0 Å². The number of alkyl halides is 3. The van der Waals surface area contributed by atoms with Crippen LogP contribution >= 0.6 is 0 Å². The second-order valence-electron chi connectivity index (χ2n) is 8.26. The Kier molecular flexibility index (Phi) is 8.63. The van der Waals surface area contributed by atoms with Gasteiger partial charge in [-0.15, -0.1) is 0 Å². The lowest BCUT2D eigenvalue weighted by Crippen LogP contribution is -2.24. The maximum atomic E-state index is 12.9. The number of halogens is 3. The first-order valence-electron chi connectivity index (χ1n) is 11.6. The molecule has 10 heteroatoms. The lowest BCUT2D eigenvalue weighted by atomic mass is 10.0. The number of nitro benzene ring substituents is 1. The van der Waals surface area contributed by atoms with Crippen LogP contribution in [0.25, 0.3) is 11.3 Å². The van der Waals surface area contributed by atoms with E-state index in [1.54, 1.807) is 12.1 Å². The van der Waals surface area contributed by atoms with E-state index >= 15 is 0 Å². The fourth-order valence-corrected chi connectivity index (χ4v) is 3.86. The monoisotopic (exact) mass is 500 g/mol. The first-order chi connectivity index (χ1) is 17.1. The third-order valence-corrected chi connectivity index (χ3v) is 5.53. The van der Waals surface area contributed by atoms with Crippen LogP contribution in [0.3, 0.4) is 0 Å². The van der Waals surface area contributed by atoms with E-state index in [-0.39, 0.29) is 29.1 Å². The molecule has 190 valence electrons. The zero-order valence-electron chi connectivity index (χ0n) is 20.0. The Hall–Kier alpha value is -3.95. The number of benzene rings is 2. The van der Waals surface area contributed by atoms with E-state index in [1.165, 1.54) is 36.5 Å². The molecule has 0 aliphatic heterocycles. The van der Waals surface area contributed by atoms with Gasteiger partial charge in [0.25, 0.3) is 11.6 Å². The number of nitrogens with one attached hydrogen (secondary N) is 1. The van der Waals surface area contributed by atoms with Crippen LogP contribution in [0.2, 0.25) is 0 Å². The maximum Gasteiger partial charge on any atom is 0.416 e. The number of hydrogen-bond acceptors (Lipinski definition) is 5. The Morgan fingerprint density at radius 1 is 1.06 bits per heavy atom. The molecule has 0 bridgehead atoms. The summed E-state index contributed by atoms with van der Waals surface area (Å²) in [5, 5.41) is 14.3. The zero-order valence-corrected chi connectivity index (χ0v) is 20.0. The van der Waals surface area contributed by atoms with Crippen LogP contribution in [0, 0.1) is 10.1 Å². The second kappa shape index (κ2) is 11.7. The van der Waals surface area contributed by atoms with E-state index < -0.39 is 22.6 Å². The molecule has 1 N–H and O–H groups in total. The van der Waals surface area contributed by atoms with Crippen molar-refractivity contribution in [2.24, 2.45) is 0 Å². The van der Waals surface area contributed by atoms with Crippen LogP contribution in [0.15, 0.2) is 60.8 Å². The van der Waals surface area contributed by atoms with Crippen molar-refractivity contribution < 1.29 is 22.9 Å². The van der Waals surface area contributed by atoms with Gasteiger partial charge in [-0.3, -0.25) is 19.9 Å². The average Bonchev–Trinajstić information content (AvgIpc) is 2.86. The van der Waals surface area contributed by atoms with Crippen molar-refractivity contribution in [1.82, 2.24) is 10.3 Å². The van der Waals surface area contributed by atoms with Crippen molar-refractivity contribution in [3.05, 3.63) is 87.6 Å². The van der Waals surface area contributed by atoms with Gasteiger partial charge in [-0.05, 0) is 54.8 Å². The highest BCUT2D eigenvalue weighted by atomic mass is 19.4. The lowest BCUT2D eigenvalue weighted by molar-refractivity contribution is -0.384. The lowest BCUT2D eigenvalue weighted by Gasteiger charge is -2.24. The predicted octanol–water partition coefficient (Wildman–Crippen LogP) is 6.23. The minimum absolute atomic E-state index is 0.112. The second-order valence-corrected chi connectivity index (χ2v) is 8.26. The summed E-state index contributed by atoms with van der Waals surface area (Å²) in [6.07, 6.45) is -1.29. The van der Waals surface area contributed by atoms with Crippen molar-refractivity contribution in [1.29, 1.82) is 0 Å². The highest BCUT2D eigenvalue weighted by Crippen LogP contribution is 2.33. The van der Waals surface area contributed by atoms with Gasteiger partial charge in [-0.1, -0.05) is 26.0 Å². The number of amides is 1. The van der Waals surface area contributed by atoms with Crippen molar-refractivity contribution in [2.45, 2.75) is 39.4 Å². The molecule has 3 rings (SSSR count). The molecule has 0 aliphatic carbocycles. The highest BCUT2D eigenvalue weighted by Gasteiger charge is 2.30. The van der Waals surface area contributed by atoms with E-state index in [0.717, 1.165) is 43.8 Å². The van der Waals surface area contributed by atoms with Gasteiger partial charge < -0.3 is 10.2 Å². The number of hydrogen-bond donors (Lipinski definition) is 1. The van der Waals surface area contributed by atoms with Crippen molar-refractivity contribution in [3.8, 4) is 11.3 Å². The number of pyridine rings is 1. The van der Waals surface area contributed by atoms with E-state index in [2.05, 4.69) is 29.0 Å². The Balaban J connectivity index is 1.87. The first kappa shape index (κ1) is 26.7. The Labute approximate surface area is 207 Å². The van der Waals surface area contributed by atoms with E-state index in [9.17, 15) is 28.1 Å².